The van der Waals surface area contributed by atoms with E-state index < -0.39 is 11.6 Å². The fraction of sp³-hybridized carbons (Fsp3) is 0.400. The van der Waals surface area contributed by atoms with Crippen LogP contribution in [0.2, 0.25) is 0 Å². The Morgan fingerprint density at radius 1 is 1.09 bits per heavy atom. The average molecular weight is 452 g/mol. The molecule has 172 valence electrons. The molecule has 1 aliphatic rings. The first-order chi connectivity index (χ1) is 16.1. The van der Waals surface area contributed by atoms with E-state index in [1.54, 1.807) is 23.1 Å². The summed E-state index contributed by atoms with van der Waals surface area (Å²) in [5, 5.41) is 12.2. The van der Waals surface area contributed by atoms with Crippen LogP contribution in [0.25, 0.3) is 33.4 Å². The molecule has 6 nitrogen and oxygen atoms in total. The highest BCUT2D eigenvalue weighted by Gasteiger charge is 2.18. The van der Waals surface area contributed by atoms with Gasteiger partial charge in [0.25, 0.3) is 0 Å². The van der Waals surface area contributed by atoms with E-state index in [4.69, 9.17) is 4.74 Å². The van der Waals surface area contributed by atoms with Crippen molar-refractivity contribution in [3.05, 3.63) is 54.0 Å². The minimum Gasteiger partial charge on any atom is -0.381 e. The van der Waals surface area contributed by atoms with E-state index in [1.165, 1.54) is 12.1 Å². The SMILES string of the molecule is Cn1cc(-c2n[nH]c3cnc(-c4c(F)cc(CCCCC5CCOCC5)cc4F)cc23)cn1. The third-order valence-corrected chi connectivity index (χ3v) is 6.45. The van der Waals surface area contributed by atoms with Gasteiger partial charge in [0.1, 0.15) is 17.3 Å². The molecule has 5 rings (SSSR count). The number of nitrogens with zero attached hydrogens (tertiary/aromatic N) is 4. The van der Waals surface area contributed by atoms with Gasteiger partial charge in [0.05, 0.1) is 29.2 Å². The Morgan fingerprint density at radius 3 is 2.61 bits per heavy atom. The fourth-order valence-corrected chi connectivity index (χ4v) is 4.63. The summed E-state index contributed by atoms with van der Waals surface area (Å²) in [6.07, 6.45) is 11.1. The molecule has 3 aromatic heterocycles. The molecule has 33 heavy (non-hydrogen) atoms. The molecular weight excluding hydrogens is 424 g/mol. The molecular formula is C25H27F2N5O. The number of H-pyrrole nitrogens is 1. The molecule has 0 saturated carbocycles. The summed E-state index contributed by atoms with van der Waals surface area (Å²) in [4.78, 5) is 4.29. The summed E-state index contributed by atoms with van der Waals surface area (Å²) in [6, 6.07) is 4.56. The normalized spacial score (nSPS) is 14.9. The van der Waals surface area contributed by atoms with Gasteiger partial charge in [0.2, 0.25) is 0 Å². The number of aromatic nitrogens is 5. The third kappa shape index (κ3) is 4.66. The minimum absolute atomic E-state index is 0.110. The van der Waals surface area contributed by atoms with Crippen molar-refractivity contribution in [2.75, 3.05) is 13.2 Å². The van der Waals surface area contributed by atoms with E-state index in [-0.39, 0.29) is 11.3 Å². The summed E-state index contributed by atoms with van der Waals surface area (Å²) in [5.74, 6) is -0.463. The molecule has 4 aromatic rings. The van der Waals surface area contributed by atoms with Crippen LogP contribution in [0.1, 0.15) is 37.7 Å². The summed E-state index contributed by atoms with van der Waals surface area (Å²) < 4.78 is 37.1. The van der Waals surface area contributed by atoms with E-state index >= 15 is 8.78 Å². The second-order valence-corrected chi connectivity index (χ2v) is 8.83. The van der Waals surface area contributed by atoms with E-state index in [9.17, 15) is 0 Å². The molecule has 0 radical (unpaired) electrons. The Morgan fingerprint density at radius 2 is 1.88 bits per heavy atom. The lowest BCUT2D eigenvalue weighted by Gasteiger charge is -2.21. The second kappa shape index (κ2) is 9.39. The molecule has 0 unspecified atom stereocenters. The molecule has 1 aromatic carbocycles. The first-order valence-electron chi connectivity index (χ1n) is 11.5. The van der Waals surface area contributed by atoms with Crippen molar-refractivity contribution in [1.82, 2.24) is 25.0 Å². The van der Waals surface area contributed by atoms with Gasteiger partial charge in [0, 0.05) is 37.4 Å². The standard InChI is InChI=1S/C25H27F2N5O/c1-32-15-18(13-29-32)25-19-12-22(28-14-23(19)30-31-25)24-20(26)10-17(11-21(24)27)5-3-2-4-16-6-8-33-9-7-16/h10-16H,2-9H2,1H3,(H,30,31). The van der Waals surface area contributed by atoms with Gasteiger partial charge in [-0.15, -0.1) is 0 Å². The van der Waals surface area contributed by atoms with Crippen LogP contribution in [0.5, 0.6) is 0 Å². The van der Waals surface area contributed by atoms with Gasteiger partial charge in [-0.05, 0) is 55.4 Å². The summed E-state index contributed by atoms with van der Waals surface area (Å²) in [5.41, 5.74) is 3.00. The molecule has 8 heteroatoms. The number of ether oxygens (including phenoxy) is 1. The predicted octanol–water partition coefficient (Wildman–Crippen LogP) is 5.44. The zero-order valence-corrected chi connectivity index (χ0v) is 18.7. The highest BCUT2D eigenvalue weighted by molar-refractivity contribution is 5.94. The number of halogens is 2. The van der Waals surface area contributed by atoms with Crippen LogP contribution >= 0.6 is 0 Å². The molecule has 4 heterocycles. The molecule has 0 bridgehead atoms. The topological polar surface area (TPSA) is 68.6 Å². The number of unbranched alkanes of at least 4 members (excludes halogenated alkanes) is 1. The second-order valence-electron chi connectivity index (χ2n) is 8.83. The van der Waals surface area contributed by atoms with Gasteiger partial charge in [-0.1, -0.05) is 12.8 Å². The van der Waals surface area contributed by atoms with E-state index in [1.807, 2.05) is 13.2 Å². The van der Waals surface area contributed by atoms with Crippen molar-refractivity contribution >= 4 is 10.9 Å². The smallest absolute Gasteiger partial charge is 0.135 e. The Labute approximate surface area is 191 Å². The zero-order valence-electron chi connectivity index (χ0n) is 18.7. The summed E-state index contributed by atoms with van der Waals surface area (Å²) >= 11 is 0. The number of hydrogen-bond donors (Lipinski definition) is 1. The first-order valence-corrected chi connectivity index (χ1v) is 11.5. The maximum Gasteiger partial charge on any atom is 0.135 e. The van der Waals surface area contributed by atoms with Crippen LogP contribution in [0.15, 0.2) is 36.8 Å². The van der Waals surface area contributed by atoms with Crippen LogP contribution in [0.4, 0.5) is 8.78 Å². The van der Waals surface area contributed by atoms with Crippen molar-refractivity contribution in [2.45, 2.75) is 38.5 Å². The largest absolute Gasteiger partial charge is 0.381 e. The molecule has 1 N–H and O–H groups in total. The fourth-order valence-electron chi connectivity index (χ4n) is 4.63. The number of aryl methyl sites for hydroxylation is 2. The maximum absolute atomic E-state index is 15.0. The van der Waals surface area contributed by atoms with Crippen LogP contribution in [0, 0.1) is 17.6 Å². The van der Waals surface area contributed by atoms with Gasteiger partial charge in [-0.3, -0.25) is 14.8 Å². The first kappa shape index (κ1) is 21.7. The van der Waals surface area contributed by atoms with E-state index in [0.717, 1.165) is 62.2 Å². The van der Waals surface area contributed by atoms with E-state index in [2.05, 4.69) is 20.3 Å². The number of pyridine rings is 1. The number of rotatable bonds is 7. The lowest BCUT2D eigenvalue weighted by Crippen LogP contribution is -2.15. The lowest BCUT2D eigenvalue weighted by atomic mass is 9.93. The maximum atomic E-state index is 15.0. The Balaban J connectivity index is 1.33. The molecule has 0 aliphatic carbocycles. The molecule has 0 amide bonds. The van der Waals surface area contributed by atoms with Gasteiger partial charge in [-0.2, -0.15) is 10.2 Å². The number of hydrogen-bond acceptors (Lipinski definition) is 4. The highest BCUT2D eigenvalue weighted by atomic mass is 19.1. The monoisotopic (exact) mass is 451 g/mol. The van der Waals surface area contributed by atoms with Crippen molar-refractivity contribution < 1.29 is 13.5 Å². The number of fused-ring (bicyclic) bond motifs is 1. The minimum atomic E-state index is -0.590. The molecule has 1 saturated heterocycles. The number of benzene rings is 1. The van der Waals surface area contributed by atoms with Crippen LogP contribution in [-0.2, 0) is 18.2 Å². The average Bonchev–Trinajstić information content (AvgIpc) is 3.42. The lowest BCUT2D eigenvalue weighted by molar-refractivity contribution is 0.0632. The van der Waals surface area contributed by atoms with Crippen molar-refractivity contribution in [1.29, 1.82) is 0 Å². The van der Waals surface area contributed by atoms with Crippen molar-refractivity contribution in [3.63, 3.8) is 0 Å². The molecule has 1 aliphatic heterocycles. The predicted molar refractivity (Wildman–Crippen MR) is 123 cm³/mol. The van der Waals surface area contributed by atoms with E-state index in [0.29, 0.717) is 23.2 Å². The van der Waals surface area contributed by atoms with Crippen LogP contribution in [0.3, 0.4) is 0 Å². The van der Waals surface area contributed by atoms with Crippen molar-refractivity contribution in [3.8, 4) is 22.5 Å². The van der Waals surface area contributed by atoms with Gasteiger partial charge in [0.15, 0.2) is 0 Å². The highest BCUT2D eigenvalue weighted by Crippen LogP contribution is 2.32. The summed E-state index contributed by atoms with van der Waals surface area (Å²) in [7, 11) is 1.82. The molecule has 0 atom stereocenters. The summed E-state index contributed by atoms with van der Waals surface area (Å²) in [6.45, 7) is 1.70. The Bertz CT molecular complexity index is 1240. The van der Waals surface area contributed by atoms with Gasteiger partial charge >= 0.3 is 0 Å². The van der Waals surface area contributed by atoms with Gasteiger partial charge < -0.3 is 4.74 Å². The number of aromatic amines is 1. The quantitative estimate of drug-likeness (QED) is 0.380. The van der Waals surface area contributed by atoms with Crippen molar-refractivity contribution in [2.24, 2.45) is 13.0 Å². The van der Waals surface area contributed by atoms with Crippen LogP contribution in [-0.4, -0.2) is 38.2 Å². The Kier molecular flexibility index (Phi) is 6.17. The zero-order chi connectivity index (χ0) is 22.8. The number of nitrogens with one attached hydrogen (secondary N) is 1. The third-order valence-electron chi connectivity index (χ3n) is 6.45. The Hall–Kier alpha value is -3.13. The molecule has 0 spiro atoms. The van der Waals surface area contributed by atoms with Crippen LogP contribution < -0.4 is 0 Å². The molecule has 1 fully saturated rings. The van der Waals surface area contributed by atoms with Gasteiger partial charge in [-0.25, -0.2) is 8.78 Å².